The summed E-state index contributed by atoms with van der Waals surface area (Å²) in [5, 5.41) is 17.0. The van der Waals surface area contributed by atoms with E-state index in [0.29, 0.717) is 0 Å². The van der Waals surface area contributed by atoms with Gasteiger partial charge in [0.2, 0.25) is 0 Å². The van der Waals surface area contributed by atoms with Crippen molar-refractivity contribution in [3.8, 4) is 0 Å². The third-order valence-corrected chi connectivity index (χ3v) is 1.87. The van der Waals surface area contributed by atoms with Crippen molar-refractivity contribution in [2.45, 2.75) is 31.5 Å². The zero-order valence-electron chi connectivity index (χ0n) is 5.37. The number of hydrogen-bond donors (Lipinski definition) is 2. The fraction of sp³-hybridized carbons (Fsp3) is 1.00. The molecule has 0 aromatic heterocycles. The number of aliphatic hydroxyl groups excluding tert-OH is 1. The molecule has 2 N–H and O–H groups in total. The Kier molecular flexibility index (Phi) is 2.21. The number of hydrogen-bond acceptors (Lipinski definition) is 2. The Hall–Kier alpha value is -0.220. The van der Waals surface area contributed by atoms with Crippen LogP contribution in [-0.4, -0.2) is 28.8 Å². The summed E-state index contributed by atoms with van der Waals surface area (Å²) in [5.74, 6) is -0.620. The van der Waals surface area contributed by atoms with Crippen LogP contribution in [0.2, 0.25) is 0 Å². The monoisotopic (exact) mass is 152 g/mol. The fourth-order valence-corrected chi connectivity index (χ4v) is 1.21. The summed E-state index contributed by atoms with van der Waals surface area (Å²) >= 11 is 0. The highest BCUT2D eigenvalue weighted by molar-refractivity contribution is 4.84. The van der Waals surface area contributed by atoms with Crippen LogP contribution in [-0.2, 0) is 0 Å². The highest BCUT2D eigenvalue weighted by Gasteiger charge is 2.37. The van der Waals surface area contributed by atoms with E-state index in [1.807, 2.05) is 0 Å². The van der Waals surface area contributed by atoms with Gasteiger partial charge in [-0.15, -0.1) is 0 Å². The van der Waals surface area contributed by atoms with Crippen molar-refractivity contribution in [2.24, 2.45) is 5.92 Å². The SMILES string of the molecule is OC(O)C1C[C@@H](F)[C@@H](F)C1. The van der Waals surface area contributed by atoms with E-state index in [9.17, 15) is 8.78 Å². The lowest BCUT2D eigenvalue weighted by Crippen LogP contribution is -2.16. The van der Waals surface area contributed by atoms with E-state index in [2.05, 4.69) is 0 Å². The van der Waals surface area contributed by atoms with Crippen LogP contribution in [0.15, 0.2) is 0 Å². The molecule has 0 spiro atoms. The second kappa shape index (κ2) is 2.80. The Balaban J connectivity index is 2.41. The zero-order chi connectivity index (χ0) is 7.72. The van der Waals surface area contributed by atoms with Crippen molar-refractivity contribution in [3.05, 3.63) is 0 Å². The Morgan fingerprint density at radius 1 is 1.10 bits per heavy atom. The first kappa shape index (κ1) is 7.88. The number of halogens is 2. The average Bonchev–Trinajstić information content (AvgIpc) is 2.13. The van der Waals surface area contributed by atoms with Gasteiger partial charge in [-0.2, -0.15) is 0 Å². The van der Waals surface area contributed by atoms with Gasteiger partial charge in [-0.05, 0) is 12.8 Å². The van der Waals surface area contributed by atoms with Gasteiger partial charge in [0.05, 0.1) is 0 Å². The van der Waals surface area contributed by atoms with E-state index in [1.165, 1.54) is 0 Å². The van der Waals surface area contributed by atoms with Gasteiger partial charge < -0.3 is 10.2 Å². The fourth-order valence-electron chi connectivity index (χ4n) is 1.21. The van der Waals surface area contributed by atoms with E-state index >= 15 is 0 Å². The summed E-state index contributed by atoms with van der Waals surface area (Å²) in [4.78, 5) is 0. The summed E-state index contributed by atoms with van der Waals surface area (Å²) in [7, 11) is 0. The van der Waals surface area contributed by atoms with Crippen molar-refractivity contribution in [1.82, 2.24) is 0 Å². The van der Waals surface area contributed by atoms with Gasteiger partial charge in [0.15, 0.2) is 6.29 Å². The van der Waals surface area contributed by atoms with Gasteiger partial charge in [0.25, 0.3) is 0 Å². The number of rotatable bonds is 1. The van der Waals surface area contributed by atoms with Crippen molar-refractivity contribution >= 4 is 0 Å². The number of alkyl halides is 2. The van der Waals surface area contributed by atoms with Crippen LogP contribution in [0.25, 0.3) is 0 Å². The van der Waals surface area contributed by atoms with Crippen molar-refractivity contribution in [1.29, 1.82) is 0 Å². The minimum absolute atomic E-state index is 0.0706. The molecule has 0 heterocycles. The van der Waals surface area contributed by atoms with E-state index in [-0.39, 0.29) is 12.8 Å². The zero-order valence-corrected chi connectivity index (χ0v) is 5.37. The molecule has 2 nitrogen and oxygen atoms in total. The normalized spacial score (nSPS) is 41.1. The number of aliphatic hydroxyl groups is 2. The van der Waals surface area contributed by atoms with Crippen LogP contribution in [0.3, 0.4) is 0 Å². The van der Waals surface area contributed by atoms with Gasteiger partial charge in [-0.25, -0.2) is 8.78 Å². The second-order valence-electron chi connectivity index (χ2n) is 2.68. The molecule has 4 heteroatoms. The third kappa shape index (κ3) is 1.44. The molecule has 1 rings (SSSR count). The smallest absolute Gasteiger partial charge is 0.154 e. The summed E-state index contributed by atoms with van der Waals surface area (Å²) < 4.78 is 24.7. The molecule has 0 amide bonds. The first-order valence-electron chi connectivity index (χ1n) is 3.25. The summed E-state index contributed by atoms with van der Waals surface area (Å²) in [6, 6.07) is 0. The molecule has 0 bridgehead atoms. The predicted molar refractivity (Wildman–Crippen MR) is 30.7 cm³/mol. The quantitative estimate of drug-likeness (QED) is 0.533. The highest BCUT2D eigenvalue weighted by Crippen LogP contribution is 2.32. The molecule has 1 aliphatic rings. The molecule has 1 unspecified atom stereocenters. The van der Waals surface area contributed by atoms with Gasteiger partial charge in [-0.1, -0.05) is 0 Å². The first-order valence-corrected chi connectivity index (χ1v) is 3.25. The molecule has 1 fully saturated rings. The van der Waals surface area contributed by atoms with Crippen LogP contribution in [0.5, 0.6) is 0 Å². The van der Waals surface area contributed by atoms with E-state index in [4.69, 9.17) is 10.2 Å². The van der Waals surface area contributed by atoms with Crippen LogP contribution >= 0.6 is 0 Å². The molecule has 1 aliphatic carbocycles. The van der Waals surface area contributed by atoms with Crippen LogP contribution in [0, 0.1) is 5.92 Å². The minimum Gasteiger partial charge on any atom is -0.368 e. The van der Waals surface area contributed by atoms with Gasteiger partial charge >= 0.3 is 0 Å². The summed E-state index contributed by atoms with van der Waals surface area (Å²) in [5.41, 5.74) is 0. The Labute approximate surface area is 57.5 Å². The van der Waals surface area contributed by atoms with Gasteiger partial charge in [0.1, 0.15) is 12.3 Å². The topological polar surface area (TPSA) is 40.5 Å². The van der Waals surface area contributed by atoms with E-state index in [0.717, 1.165) is 0 Å². The molecular weight excluding hydrogens is 142 g/mol. The average molecular weight is 152 g/mol. The Morgan fingerprint density at radius 3 is 1.70 bits per heavy atom. The lowest BCUT2D eigenvalue weighted by Gasteiger charge is -2.09. The van der Waals surface area contributed by atoms with Crippen molar-refractivity contribution in [3.63, 3.8) is 0 Å². The van der Waals surface area contributed by atoms with Gasteiger partial charge in [-0.3, -0.25) is 0 Å². The first-order chi connectivity index (χ1) is 4.61. The maximum Gasteiger partial charge on any atom is 0.154 e. The molecule has 0 radical (unpaired) electrons. The molecular formula is C6H10F2O2. The molecule has 0 aromatic carbocycles. The Morgan fingerprint density at radius 2 is 1.50 bits per heavy atom. The lowest BCUT2D eigenvalue weighted by molar-refractivity contribution is -0.0835. The second-order valence-corrected chi connectivity index (χ2v) is 2.68. The lowest BCUT2D eigenvalue weighted by atomic mass is 10.1. The predicted octanol–water partition coefficient (Wildman–Crippen LogP) is 0.383. The molecule has 0 aliphatic heterocycles. The molecule has 10 heavy (non-hydrogen) atoms. The van der Waals surface area contributed by atoms with Crippen LogP contribution in [0.1, 0.15) is 12.8 Å². The third-order valence-electron chi connectivity index (χ3n) is 1.87. The largest absolute Gasteiger partial charge is 0.368 e. The van der Waals surface area contributed by atoms with E-state index < -0.39 is 24.6 Å². The molecule has 0 aromatic rings. The molecule has 60 valence electrons. The maximum absolute atomic E-state index is 12.3. The standard InChI is InChI=1S/C6H10F2O2/c7-4-1-3(6(9)10)2-5(4)8/h3-6,9-10H,1-2H2/t3?,4-,5+. The minimum atomic E-state index is -1.57. The Bertz CT molecular complexity index is 108. The van der Waals surface area contributed by atoms with Crippen LogP contribution in [0.4, 0.5) is 8.78 Å². The summed E-state index contributed by atoms with van der Waals surface area (Å²) in [6.07, 6.45) is -4.73. The van der Waals surface area contributed by atoms with Crippen LogP contribution < -0.4 is 0 Å². The molecule has 3 atom stereocenters. The van der Waals surface area contributed by atoms with Crippen molar-refractivity contribution < 1.29 is 19.0 Å². The summed E-state index contributed by atoms with van der Waals surface area (Å²) in [6.45, 7) is 0. The maximum atomic E-state index is 12.3. The van der Waals surface area contributed by atoms with E-state index in [1.54, 1.807) is 0 Å². The molecule has 0 saturated heterocycles. The molecule has 1 saturated carbocycles. The van der Waals surface area contributed by atoms with Crippen molar-refractivity contribution in [2.75, 3.05) is 0 Å². The van der Waals surface area contributed by atoms with Gasteiger partial charge in [0, 0.05) is 5.92 Å². The highest BCUT2D eigenvalue weighted by atomic mass is 19.2.